The van der Waals surface area contributed by atoms with Crippen molar-refractivity contribution in [3.63, 3.8) is 0 Å². The molecule has 0 aromatic heterocycles. The van der Waals surface area contributed by atoms with Gasteiger partial charge in [-0.3, -0.25) is 0 Å². The molecular formula is C21H34N4O2. The van der Waals surface area contributed by atoms with Crippen molar-refractivity contribution in [2.45, 2.75) is 38.6 Å². The standard InChI is InChI=1S/C21H34N4O2/c1-17-7-8-20(27-3)19(16-17)22-21(26)25-10-5-4-6-18(25)9-11-24-14-12-23(2)13-15-24/h7-8,16,18H,4-6,9-15H2,1-3H3,(H,22,26)/t18-/m1/s1. The van der Waals surface area contributed by atoms with E-state index >= 15 is 0 Å². The van der Waals surface area contributed by atoms with Crippen LogP contribution in [0.2, 0.25) is 0 Å². The minimum Gasteiger partial charge on any atom is -0.495 e. The number of likely N-dealkylation sites (N-methyl/N-ethyl adjacent to an activating group) is 1. The molecule has 6 heteroatoms. The molecule has 0 aliphatic carbocycles. The number of anilines is 1. The summed E-state index contributed by atoms with van der Waals surface area (Å²) >= 11 is 0. The van der Waals surface area contributed by atoms with Gasteiger partial charge in [0.2, 0.25) is 0 Å². The minimum absolute atomic E-state index is 0.00183. The number of nitrogens with zero attached hydrogens (tertiary/aromatic N) is 3. The number of hydrogen-bond acceptors (Lipinski definition) is 4. The fraction of sp³-hybridized carbons (Fsp3) is 0.667. The number of benzene rings is 1. The smallest absolute Gasteiger partial charge is 0.322 e. The van der Waals surface area contributed by atoms with Gasteiger partial charge in [0.05, 0.1) is 12.8 Å². The number of methoxy groups -OCH3 is 1. The zero-order valence-corrected chi connectivity index (χ0v) is 17.0. The van der Waals surface area contributed by atoms with Crippen LogP contribution in [0, 0.1) is 6.92 Å². The van der Waals surface area contributed by atoms with Crippen molar-refractivity contribution in [1.82, 2.24) is 14.7 Å². The van der Waals surface area contributed by atoms with E-state index in [4.69, 9.17) is 4.74 Å². The summed E-state index contributed by atoms with van der Waals surface area (Å²) in [4.78, 5) is 20.0. The summed E-state index contributed by atoms with van der Waals surface area (Å²) in [5, 5.41) is 3.09. The van der Waals surface area contributed by atoms with E-state index in [-0.39, 0.29) is 6.03 Å². The third-order valence-corrected chi connectivity index (χ3v) is 5.86. The summed E-state index contributed by atoms with van der Waals surface area (Å²) in [6, 6.07) is 6.20. The minimum atomic E-state index is 0.00183. The Hall–Kier alpha value is -1.79. The average molecular weight is 375 g/mol. The van der Waals surface area contributed by atoms with Crippen molar-refractivity contribution in [2.24, 2.45) is 0 Å². The Morgan fingerprint density at radius 2 is 1.96 bits per heavy atom. The summed E-state index contributed by atoms with van der Waals surface area (Å²) in [5.74, 6) is 0.708. The van der Waals surface area contributed by atoms with Gasteiger partial charge in [-0.2, -0.15) is 0 Å². The summed E-state index contributed by atoms with van der Waals surface area (Å²) in [7, 11) is 3.82. The predicted molar refractivity (Wildman–Crippen MR) is 110 cm³/mol. The first-order valence-corrected chi connectivity index (χ1v) is 10.2. The molecule has 0 saturated carbocycles. The molecule has 27 heavy (non-hydrogen) atoms. The van der Waals surface area contributed by atoms with E-state index in [1.807, 2.05) is 30.0 Å². The van der Waals surface area contributed by atoms with Gasteiger partial charge in [-0.05, 0) is 57.4 Å². The first-order chi connectivity index (χ1) is 13.1. The number of ether oxygens (including phenoxy) is 1. The largest absolute Gasteiger partial charge is 0.495 e. The lowest BCUT2D eigenvalue weighted by molar-refractivity contribution is 0.122. The Labute approximate surface area is 163 Å². The van der Waals surface area contributed by atoms with Crippen molar-refractivity contribution in [1.29, 1.82) is 0 Å². The van der Waals surface area contributed by atoms with Crippen LogP contribution in [0.25, 0.3) is 0 Å². The second-order valence-corrected chi connectivity index (χ2v) is 7.91. The van der Waals surface area contributed by atoms with E-state index in [0.29, 0.717) is 11.8 Å². The van der Waals surface area contributed by atoms with Gasteiger partial charge in [0.1, 0.15) is 5.75 Å². The quantitative estimate of drug-likeness (QED) is 0.861. The maximum atomic E-state index is 13.0. The third kappa shape index (κ3) is 5.36. The molecule has 0 spiro atoms. The van der Waals surface area contributed by atoms with Crippen molar-refractivity contribution in [3.8, 4) is 5.75 Å². The maximum absolute atomic E-state index is 13.0. The number of aryl methyl sites for hydroxylation is 1. The molecule has 3 rings (SSSR count). The fourth-order valence-electron chi connectivity index (χ4n) is 4.08. The highest BCUT2D eigenvalue weighted by atomic mass is 16.5. The highest BCUT2D eigenvalue weighted by molar-refractivity contribution is 5.91. The topological polar surface area (TPSA) is 48.1 Å². The molecule has 150 valence electrons. The van der Waals surface area contributed by atoms with Crippen molar-refractivity contribution in [2.75, 3.05) is 58.7 Å². The van der Waals surface area contributed by atoms with Crippen LogP contribution in [0.15, 0.2) is 18.2 Å². The Kier molecular flexibility index (Phi) is 6.96. The molecule has 1 aromatic carbocycles. The second kappa shape index (κ2) is 9.42. The number of carbonyl (C=O) groups excluding carboxylic acids is 1. The number of amides is 2. The molecule has 1 aromatic rings. The van der Waals surface area contributed by atoms with Gasteiger partial charge in [0.25, 0.3) is 0 Å². The molecule has 2 saturated heterocycles. The Morgan fingerprint density at radius 3 is 2.70 bits per heavy atom. The lowest BCUT2D eigenvalue weighted by Crippen LogP contribution is -2.49. The SMILES string of the molecule is COc1ccc(C)cc1NC(=O)N1CCCC[C@@H]1CCN1CCN(C)CC1. The summed E-state index contributed by atoms with van der Waals surface area (Å²) in [6.07, 6.45) is 4.46. The second-order valence-electron chi connectivity index (χ2n) is 7.91. The Bertz CT molecular complexity index is 629. The van der Waals surface area contributed by atoms with Gasteiger partial charge in [-0.25, -0.2) is 4.79 Å². The zero-order valence-electron chi connectivity index (χ0n) is 17.0. The summed E-state index contributed by atoms with van der Waals surface area (Å²) < 4.78 is 5.41. The first kappa shape index (κ1) is 20.0. The third-order valence-electron chi connectivity index (χ3n) is 5.86. The van der Waals surface area contributed by atoms with Crippen LogP contribution in [-0.2, 0) is 0 Å². The molecule has 6 nitrogen and oxygen atoms in total. The lowest BCUT2D eigenvalue weighted by atomic mass is 9.99. The number of likely N-dealkylation sites (tertiary alicyclic amines) is 1. The van der Waals surface area contributed by atoms with Crippen LogP contribution in [0.3, 0.4) is 0 Å². The van der Waals surface area contributed by atoms with Crippen LogP contribution >= 0.6 is 0 Å². The van der Waals surface area contributed by atoms with Crippen LogP contribution in [0.5, 0.6) is 5.75 Å². The summed E-state index contributed by atoms with van der Waals surface area (Å²) in [6.45, 7) is 8.49. The number of piperazine rings is 1. The number of rotatable bonds is 5. The van der Waals surface area contributed by atoms with Gasteiger partial charge in [0, 0.05) is 45.3 Å². The molecule has 0 radical (unpaired) electrons. The number of carbonyl (C=O) groups is 1. The van der Waals surface area contributed by atoms with Gasteiger partial charge >= 0.3 is 6.03 Å². The van der Waals surface area contributed by atoms with Crippen molar-refractivity contribution >= 4 is 11.7 Å². The van der Waals surface area contributed by atoms with E-state index < -0.39 is 0 Å². The van der Waals surface area contributed by atoms with Crippen molar-refractivity contribution in [3.05, 3.63) is 23.8 Å². The Balaban J connectivity index is 1.59. The normalized spacial score (nSPS) is 21.9. The van der Waals surface area contributed by atoms with E-state index in [2.05, 4.69) is 22.2 Å². The lowest BCUT2D eigenvalue weighted by Gasteiger charge is -2.38. The van der Waals surface area contributed by atoms with Gasteiger partial charge in [-0.15, -0.1) is 0 Å². The highest BCUT2D eigenvalue weighted by Gasteiger charge is 2.28. The van der Waals surface area contributed by atoms with Crippen LogP contribution in [0.1, 0.15) is 31.2 Å². The molecule has 2 aliphatic heterocycles. The molecule has 2 aliphatic rings. The average Bonchev–Trinajstić information content (AvgIpc) is 2.68. The molecule has 1 N–H and O–H groups in total. The van der Waals surface area contributed by atoms with Crippen LogP contribution < -0.4 is 10.1 Å². The van der Waals surface area contributed by atoms with E-state index in [9.17, 15) is 4.79 Å². The summed E-state index contributed by atoms with van der Waals surface area (Å²) in [5.41, 5.74) is 1.86. The predicted octanol–water partition coefficient (Wildman–Crippen LogP) is 3.03. The van der Waals surface area contributed by atoms with Crippen LogP contribution in [-0.4, -0.2) is 80.2 Å². The molecular weight excluding hydrogens is 340 g/mol. The highest BCUT2D eigenvalue weighted by Crippen LogP contribution is 2.27. The Morgan fingerprint density at radius 1 is 1.19 bits per heavy atom. The molecule has 0 bridgehead atoms. The molecule has 0 unspecified atom stereocenters. The first-order valence-electron chi connectivity index (χ1n) is 10.2. The zero-order chi connectivity index (χ0) is 19.2. The van der Waals surface area contributed by atoms with Crippen molar-refractivity contribution < 1.29 is 9.53 Å². The van der Waals surface area contributed by atoms with Gasteiger partial charge in [-0.1, -0.05) is 6.07 Å². The van der Waals surface area contributed by atoms with E-state index in [0.717, 1.165) is 69.8 Å². The van der Waals surface area contributed by atoms with Gasteiger partial charge in [0.15, 0.2) is 0 Å². The number of piperidine rings is 1. The fourth-order valence-corrected chi connectivity index (χ4v) is 4.08. The molecule has 2 heterocycles. The number of nitrogens with one attached hydrogen (secondary N) is 1. The monoisotopic (exact) mass is 374 g/mol. The molecule has 1 atom stereocenters. The van der Waals surface area contributed by atoms with E-state index in [1.165, 1.54) is 6.42 Å². The number of hydrogen-bond donors (Lipinski definition) is 1. The molecule has 2 amide bonds. The van der Waals surface area contributed by atoms with Gasteiger partial charge < -0.3 is 24.8 Å². The number of urea groups is 1. The maximum Gasteiger partial charge on any atom is 0.322 e. The van der Waals surface area contributed by atoms with Crippen LogP contribution in [0.4, 0.5) is 10.5 Å². The molecule has 2 fully saturated rings. The van der Waals surface area contributed by atoms with E-state index in [1.54, 1.807) is 7.11 Å².